The molecular formula is C25H30N4O4. The first-order chi connectivity index (χ1) is 15.9. The fourth-order valence-electron chi connectivity index (χ4n) is 3.86. The number of amides is 1. The van der Waals surface area contributed by atoms with Gasteiger partial charge >= 0.3 is 0 Å². The van der Waals surface area contributed by atoms with Crippen molar-refractivity contribution < 1.29 is 18.8 Å². The Kier molecular flexibility index (Phi) is 6.82. The Morgan fingerprint density at radius 2 is 2.00 bits per heavy atom. The third-order valence-corrected chi connectivity index (χ3v) is 5.61. The van der Waals surface area contributed by atoms with E-state index >= 15 is 0 Å². The van der Waals surface area contributed by atoms with Gasteiger partial charge in [-0.25, -0.2) is 4.98 Å². The molecule has 1 aliphatic rings. The lowest BCUT2D eigenvalue weighted by atomic mass is 10.1. The first-order valence-electron chi connectivity index (χ1n) is 11.2. The lowest BCUT2D eigenvalue weighted by Gasteiger charge is -2.20. The summed E-state index contributed by atoms with van der Waals surface area (Å²) >= 11 is 0. The number of hydrogen-bond donors (Lipinski definition) is 1. The van der Waals surface area contributed by atoms with Crippen molar-refractivity contribution >= 4 is 11.6 Å². The zero-order valence-electron chi connectivity index (χ0n) is 19.4. The van der Waals surface area contributed by atoms with Crippen LogP contribution in [0.3, 0.4) is 0 Å². The van der Waals surface area contributed by atoms with Gasteiger partial charge in [-0.2, -0.15) is 0 Å². The monoisotopic (exact) mass is 450 g/mol. The molecule has 1 unspecified atom stereocenters. The molecule has 0 bridgehead atoms. The van der Waals surface area contributed by atoms with Crippen molar-refractivity contribution in [2.45, 2.75) is 52.4 Å². The molecule has 0 spiro atoms. The number of aromatic nitrogens is 2. The van der Waals surface area contributed by atoms with E-state index < -0.39 is 0 Å². The summed E-state index contributed by atoms with van der Waals surface area (Å²) in [6.45, 7) is 9.39. The molecule has 8 nitrogen and oxygen atoms in total. The van der Waals surface area contributed by atoms with Crippen molar-refractivity contribution in [2.24, 2.45) is 0 Å². The molecule has 0 aliphatic carbocycles. The molecule has 33 heavy (non-hydrogen) atoms. The van der Waals surface area contributed by atoms with Gasteiger partial charge in [0.25, 0.3) is 5.91 Å². The number of pyridine rings is 1. The maximum absolute atomic E-state index is 12.4. The van der Waals surface area contributed by atoms with Gasteiger partial charge < -0.3 is 24.2 Å². The summed E-state index contributed by atoms with van der Waals surface area (Å²) in [4.78, 5) is 18.9. The van der Waals surface area contributed by atoms with Gasteiger partial charge in [-0.15, -0.1) is 0 Å². The number of nitrogens with zero attached hydrogens (tertiary/aromatic N) is 3. The highest BCUT2D eigenvalue weighted by molar-refractivity contribution is 5.95. The topological polar surface area (TPSA) is 89.7 Å². The minimum atomic E-state index is -0.203. The van der Waals surface area contributed by atoms with Crippen LogP contribution in [0.15, 0.2) is 53.4 Å². The fourth-order valence-corrected chi connectivity index (χ4v) is 3.86. The van der Waals surface area contributed by atoms with Crippen LogP contribution in [0.4, 0.5) is 5.69 Å². The van der Waals surface area contributed by atoms with Crippen LogP contribution >= 0.6 is 0 Å². The number of anilines is 1. The third-order valence-electron chi connectivity index (χ3n) is 5.61. The van der Waals surface area contributed by atoms with Gasteiger partial charge in [-0.1, -0.05) is 17.3 Å². The number of benzene rings is 1. The molecule has 3 heterocycles. The smallest absolute Gasteiger partial charge is 0.256 e. The summed E-state index contributed by atoms with van der Waals surface area (Å²) in [6.07, 6.45) is 4.28. The van der Waals surface area contributed by atoms with Crippen LogP contribution in [0, 0.1) is 6.92 Å². The second-order valence-corrected chi connectivity index (χ2v) is 8.57. The third kappa shape index (κ3) is 5.63. The maximum atomic E-state index is 12.4. The zero-order valence-corrected chi connectivity index (χ0v) is 19.4. The van der Waals surface area contributed by atoms with E-state index in [-0.39, 0.29) is 24.2 Å². The summed E-state index contributed by atoms with van der Waals surface area (Å²) < 4.78 is 16.8. The lowest BCUT2D eigenvalue weighted by molar-refractivity contribution is 0.0938. The molecule has 1 amide bonds. The van der Waals surface area contributed by atoms with Gasteiger partial charge in [0.1, 0.15) is 23.7 Å². The highest BCUT2D eigenvalue weighted by atomic mass is 16.5. The van der Waals surface area contributed by atoms with Crippen molar-refractivity contribution in [1.29, 1.82) is 0 Å². The second-order valence-electron chi connectivity index (χ2n) is 8.57. The number of carbonyl (C=O) groups is 1. The van der Waals surface area contributed by atoms with Crippen molar-refractivity contribution in [3.63, 3.8) is 0 Å². The minimum Gasteiger partial charge on any atom is -0.489 e. The summed E-state index contributed by atoms with van der Waals surface area (Å²) in [6, 6.07) is 11.7. The average Bonchev–Trinajstić information content (AvgIpc) is 3.43. The van der Waals surface area contributed by atoms with Gasteiger partial charge in [0.05, 0.1) is 24.4 Å². The Morgan fingerprint density at radius 3 is 2.70 bits per heavy atom. The predicted molar refractivity (Wildman–Crippen MR) is 125 cm³/mol. The number of nitrogens with one attached hydrogen (secondary N) is 1. The summed E-state index contributed by atoms with van der Waals surface area (Å²) in [5.41, 5.74) is 3.11. The molecule has 2 aromatic heterocycles. The van der Waals surface area contributed by atoms with Gasteiger partial charge in [0, 0.05) is 30.9 Å². The molecule has 0 saturated carbocycles. The SMILES string of the molecule is Cc1nocc1C(=O)N[C@@H](C)c1ccc(OC2CCN(c3ccnc(OC(C)C)c3)C2)cc1. The van der Waals surface area contributed by atoms with E-state index in [1.54, 1.807) is 13.1 Å². The molecule has 8 heteroatoms. The van der Waals surface area contributed by atoms with E-state index in [2.05, 4.69) is 20.4 Å². The molecule has 2 atom stereocenters. The Labute approximate surface area is 193 Å². The summed E-state index contributed by atoms with van der Waals surface area (Å²) in [7, 11) is 0. The van der Waals surface area contributed by atoms with Crippen LogP contribution in [-0.4, -0.2) is 41.3 Å². The average molecular weight is 451 g/mol. The predicted octanol–water partition coefficient (Wildman–Crippen LogP) is 4.31. The Hall–Kier alpha value is -3.55. The van der Waals surface area contributed by atoms with Crippen LogP contribution in [-0.2, 0) is 0 Å². The van der Waals surface area contributed by atoms with Crippen molar-refractivity contribution in [1.82, 2.24) is 15.5 Å². The first kappa shape index (κ1) is 22.6. The van der Waals surface area contributed by atoms with Gasteiger partial charge in [0.15, 0.2) is 0 Å². The number of aryl methyl sites for hydroxylation is 1. The molecule has 4 rings (SSSR count). The maximum Gasteiger partial charge on any atom is 0.256 e. The van der Waals surface area contributed by atoms with E-state index in [1.807, 2.05) is 57.2 Å². The van der Waals surface area contributed by atoms with Crippen molar-refractivity contribution in [3.05, 3.63) is 65.7 Å². The number of ether oxygens (including phenoxy) is 2. The Morgan fingerprint density at radius 1 is 1.21 bits per heavy atom. The molecule has 1 fully saturated rings. The van der Waals surface area contributed by atoms with Gasteiger partial charge in [-0.05, 0) is 51.5 Å². The molecule has 1 N–H and O–H groups in total. The highest BCUT2D eigenvalue weighted by Crippen LogP contribution is 2.26. The standard InChI is InChI=1S/C25H30N4O4/c1-16(2)32-24-13-20(9-11-26-24)29-12-10-22(14-29)33-21-7-5-19(6-8-21)17(3)27-25(30)23-15-31-28-18(23)4/h5-9,11,13,15-17,22H,10,12,14H2,1-4H3,(H,27,30)/t17-,22?/m0/s1. The van der Waals surface area contributed by atoms with E-state index in [0.717, 1.165) is 36.5 Å². The van der Waals surface area contributed by atoms with Crippen LogP contribution in [0.5, 0.6) is 11.6 Å². The Balaban J connectivity index is 1.31. The molecule has 0 radical (unpaired) electrons. The van der Waals surface area contributed by atoms with E-state index in [4.69, 9.17) is 14.0 Å². The number of hydrogen-bond acceptors (Lipinski definition) is 7. The minimum absolute atomic E-state index is 0.0909. The molecule has 1 saturated heterocycles. The van der Waals surface area contributed by atoms with Gasteiger partial charge in [0.2, 0.25) is 5.88 Å². The van der Waals surface area contributed by atoms with E-state index in [0.29, 0.717) is 17.1 Å². The van der Waals surface area contributed by atoms with Crippen molar-refractivity contribution in [3.8, 4) is 11.6 Å². The summed E-state index contributed by atoms with van der Waals surface area (Å²) in [5, 5.41) is 6.72. The van der Waals surface area contributed by atoms with E-state index in [1.165, 1.54) is 6.26 Å². The van der Waals surface area contributed by atoms with E-state index in [9.17, 15) is 4.79 Å². The zero-order chi connectivity index (χ0) is 23.4. The molecular weight excluding hydrogens is 420 g/mol. The Bertz CT molecular complexity index is 1080. The van der Waals surface area contributed by atoms with Crippen LogP contribution in [0.2, 0.25) is 0 Å². The molecule has 1 aliphatic heterocycles. The molecule has 174 valence electrons. The largest absolute Gasteiger partial charge is 0.489 e. The second kappa shape index (κ2) is 9.94. The number of carbonyl (C=O) groups excluding carboxylic acids is 1. The normalized spacial score (nSPS) is 16.6. The molecule has 3 aromatic rings. The van der Waals surface area contributed by atoms with Gasteiger partial charge in [-0.3, -0.25) is 4.79 Å². The van der Waals surface area contributed by atoms with Crippen molar-refractivity contribution in [2.75, 3.05) is 18.0 Å². The lowest BCUT2D eigenvalue weighted by Crippen LogP contribution is -2.27. The molecule has 1 aromatic carbocycles. The number of rotatable bonds is 8. The van der Waals surface area contributed by atoms with Crippen LogP contribution in [0.1, 0.15) is 54.8 Å². The quantitative estimate of drug-likeness (QED) is 0.547. The first-order valence-corrected chi connectivity index (χ1v) is 11.2. The van der Waals surface area contributed by atoms with Crippen LogP contribution < -0.4 is 19.7 Å². The fraction of sp³-hybridized carbons (Fsp3) is 0.400. The summed E-state index contributed by atoms with van der Waals surface area (Å²) in [5.74, 6) is 1.26. The highest BCUT2D eigenvalue weighted by Gasteiger charge is 2.25. The van der Waals surface area contributed by atoms with Crippen LogP contribution in [0.25, 0.3) is 0 Å².